The number of benzene rings is 1. The van der Waals surface area contributed by atoms with Crippen LogP contribution in [0.2, 0.25) is 0 Å². The first-order valence-electron chi connectivity index (χ1n) is 5.14. The molecule has 1 atom stereocenters. The molecule has 0 radical (unpaired) electrons. The molecule has 3 rings (SSSR count). The van der Waals surface area contributed by atoms with Crippen LogP contribution in [0.4, 0.5) is 8.78 Å². The summed E-state index contributed by atoms with van der Waals surface area (Å²) in [4.78, 5) is 6.23. The molecular weight excluding hydrogens is 214 g/mol. The minimum atomic E-state index is -0.566. The third-order valence-electron chi connectivity index (χ3n) is 2.84. The van der Waals surface area contributed by atoms with E-state index in [4.69, 9.17) is 4.74 Å². The van der Waals surface area contributed by atoms with Gasteiger partial charge in [-0.2, -0.15) is 0 Å². The summed E-state index contributed by atoms with van der Waals surface area (Å²) in [6.45, 7) is 2.04. The highest BCUT2D eigenvalue weighted by molar-refractivity contribution is 5.77. The highest BCUT2D eigenvalue weighted by Crippen LogP contribution is 2.29. The van der Waals surface area contributed by atoms with Crippen molar-refractivity contribution in [1.82, 2.24) is 4.90 Å². The molecule has 16 heavy (non-hydrogen) atoms. The third-order valence-corrected chi connectivity index (χ3v) is 2.84. The number of ether oxygens (including phenoxy) is 1. The number of fused-ring (bicyclic) bond motifs is 1. The van der Waals surface area contributed by atoms with Crippen LogP contribution in [-0.2, 0) is 4.74 Å². The average Bonchev–Trinajstić information content (AvgIpc) is 2.76. The molecular formula is C11H10F2N2O. The van der Waals surface area contributed by atoms with Crippen LogP contribution in [-0.4, -0.2) is 30.6 Å². The Labute approximate surface area is 91.3 Å². The van der Waals surface area contributed by atoms with Crippen molar-refractivity contribution in [2.24, 2.45) is 4.99 Å². The largest absolute Gasteiger partial charge is 0.463 e. The molecule has 1 aromatic rings. The van der Waals surface area contributed by atoms with E-state index in [-0.39, 0.29) is 6.04 Å². The molecule has 84 valence electrons. The van der Waals surface area contributed by atoms with Gasteiger partial charge >= 0.3 is 0 Å². The first kappa shape index (κ1) is 9.57. The Kier molecular flexibility index (Phi) is 2.05. The van der Waals surface area contributed by atoms with E-state index >= 15 is 0 Å². The van der Waals surface area contributed by atoms with E-state index in [1.165, 1.54) is 12.1 Å². The van der Waals surface area contributed by atoms with Gasteiger partial charge in [0.25, 0.3) is 6.02 Å². The molecule has 2 aliphatic rings. The number of amidine groups is 1. The number of hydrogen-bond acceptors (Lipinski definition) is 3. The molecule has 0 amide bonds. The summed E-state index contributed by atoms with van der Waals surface area (Å²) in [6, 6.07) is 3.88. The van der Waals surface area contributed by atoms with E-state index in [1.54, 1.807) is 0 Å². The molecule has 1 saturated heterocycles. The second-order valence-electron chi connectivity index (χ2n) is 3.89. The lowest BCUT2D eigenvalue weighted by molar-refractivity contribution is 0.349. The van der Waals surface area contributed by atoms with Crippen LogP contribution in [0.25, 0.3) is 0 Å². The van der Waals surface area contributed by atoms with Crippen LogP contribution in [0.5, 0.6) is 0 Å². The minimum absolute atomic E-state index is 0.282. The second-order valence-corrected chi connectivity index (χ2v) is 3.89. The summed E-state index contributed by atoms with van der Waals surface area (Å²) in [5.74, 6) is -1.11. The van der Waals surface area contributed by atoms with Gasteiger partial charge in [-0.1, -0.05) is 6.07 Å². The molecule has 3 nitrogen and oxygen atoms in total. The molecule has 1 fully saturated rings. The highest BCUT2D eigenvalue weighted by atomic mass is 19.1. The Morgan fingerprint density at radius 2 is 2.25 bits per heavy atom. The quantitative estimate of drug-likeness (QED) is 0.725. The molecule has 1 aromatic carbocycles. The summed E-state index contributed by atoms with van der Waals surface area (Å²) in [5, 5.41) is 0. The predicted molar refractivity (Wildman–Crippen MR) is 54.1 cm³/mol. The monoisotopic (exact) mass is 224 g/mol. The molecule has 0 aliphatic carbocycles. The van der Waals surface area contributed by atoms with E-state index < -0.39 is 11.6 Å². The normalized spacial score (nSPS) is 23.0. The smallest absolute Gasteiger partial charge is 0.288 e. The maximum absolute atomic E-state index is 13.5. The number of rotatable bonds is 1. The summed E-state index contributed by atoms with van der Waals surface area (Å²) in [6.07, 6.45) is 0. The predicted octanol–water partition coefficient (Wildman–Crippen LogP) is 1.71. The first-order chi connectivity index (χ1) is 7.74. The summed E-state index contributed by atoms with van der Waals surface area (Å²) in [5.41, 5.74) is 0.423. The fraction of sp³-hybridized carbons (Fsp3) is 0.364. The van der Waals surface area contributed by atoms with Gasteiger partial charge in [-0.25, -0.2) is 13.8 Å². The topological polar surface area (TPSA) is 24.8 Å². The van der Waals surface area contributed by atoms with Crippen LogP contribution in [0.15, 0.2) is 23.2 Å². The average molecular weight is 224 g/mol. The van der Waals surface area contributed by atoms with Crippen LogP contribution >= 0.6 is 0 Å². The van der Waals surface area contributed by atoms with Gasteiger partial charge in [0.15, 0.2) is 0 Å². The minimum Gasteiger partial charge on any atom is -0.463 e. The fourth-order valence-electron chi connectivity index (χ4n) is 2.04. The lowest BCUT2D eigenvalue weighted by Crippen LogP contribution is -2.22. The van der Waals surface area contributed by atoms with Crippen LogP contribution in [0.1, 0.15) is 11.6 Å². The van der Waals surface area contributed by atoms with Gasteiger partial charge in [0.2, 0.25) is 0 Å². The van der Waals surface area contributed by atoms with Gasteiger partial charge in [-0.3, -0.25) is 0 Å². The molecule has 0 aromatic heterocycles. The van der Waals surface area contributed by atoms with Gasteiger partial charge in [-0.15, -0.1) is 0 Å². The van der Waals surface area contributed by atoms with Gasteiger partial charge < -0.3 is 9.64 Å². The van der Waals surface area contributed by atoms with Gasteiger partial charge in [0.1, 0.15) is 24.3 Å². The maximum Gasteiger partial charge on any atom is 0.288 e. The summed E-state index contributed by atoms with van der Waals surface area (Å²) in [7, 11) is 0. The standard InChI is InChI=1S/C11H10F2N2O/c12-7-1-2-8(9(13)5-7)10-6-15-3-4-16-11(15)14-10/h1-2,5,10H,3-4,6H2. The molecule has 2 heterocycles. The lowest BCUT2D eigenvalue weighted by atomic mass is 10.1. The van der Waals surface area contributed by atoms with Crippen LogP contribution in [0, 0.1) is 11.6 Å². The molecule has 2 aliphatic heterocycles. The van der Waals surface area contributed by atoms with Gasteiger partial charge in [0, 0.05) is 18.2 Å². The summed E-state index contributed by atoms with van der Waals surface area (Å²) >= 11 is 0. The zero-order chi connectivity index (χ0) is 11.1. The van der Waals surface area contributed by atoms with E-state index in [0.29, 0.717) is 24.7 Å². The van der Waals surface area contributed by atoms with Gasteiger partial charge in [-0.05, 0) is 6.07 Å². The number of nitrogens with zero attached hydrogens (tertiary/aromatic N) is 2. The van der Waals surface area contributed by atoms with E-state index in [2.05, 4.69) is 4.99 Å². The van der Waals surface area contributed by atoms with Crippen molar-refractivity contribution in [3.8, 4) is 0 Å². The molecule has 5 heteroatoms. The number of hydrogen-bond donors (Lipinski definition) is 0. The van der Waals surface area contributed by atoms with Crippen LogP contribution in [0.3, 0.4) is 0 Å². The number of aliphatic imine (C=N–C) groups is 1. The van der Waals surface area contributed by atoms with E-state index in [9.17, 15) is 8.78 Å². The van der Waals surface area contributed by atoms with Crippen molar-refractivity contribution in [3.05, 3.63) is 35.4 Å². The lowest BCUT2D eigenvalue weighted by Gasteiger charge is -2.11. The van der Waals surface area contributed by atoms with Crippen molar-refractivity contribution in [3.63, 3.8) is 0 Å². The molecule has 0 spiro atoms. The molecule has 0 N–H and O–H groups in total. The second kappa shape index (κ2) is 3.43. The molecule has 0 bridgehead atoms. The Morgan fingerprint density at radius 1 is 1.38 bits per heavy atom. The van der Waals surface area contributed by atoms with E-state index in [1.807, 2.05) is 4.90 Å². The first-order valence-corrected chi connectivity index (χ1v) is 5.14. The fourth-order valence-corrected chi connectivity index (χ4v) is 2.04. The van der Waals surface area contributed by atoms with Crippen molar-refractivity contribution in [2.45, 2.75) is 6.04 Å². The Morgan fingerprint density at radius 3 is 3.00 bits per heavy atom. The molecule has 1 unspecified atom stereocenters. The third kappa shape index (κ3) is 1.43. The van der Waals surface area contributed by atoms with Crippen molar-refractivity contribution in [2.75, 3.05) is 19.7 Å². The Hall–Kier alpha value is -1.65. The SMILES string of the molecule is Fc1ccc(C2CN3CCOC3=N2)c(F)c1. The number of halogens is 2. The zero-order valence-electron chi connectivity index (χ0n) is 8.49. The maximum atomic E-state index is 13.5. The van der Waals surface area contributed by atoms with Crippen LogP contribution < -0.4 is 0 Å². The van der Waals surface area contributed by atoms with E-state index in [0.717, 1.165) is 12.6 Å². The Balaban J connectivity index is 1.91. The van der Waals surface area contributed by atoms with Crippen molar-refractivity contribution < 1.29 is 13.5 Å². The zero-order valence-corrected chi connectivity index (χ0v) is 8.49. The Bertz CT molecular complexity index is 461. The van der Waals surface area contributed by atoms with Crippen molar-refractivity contribution in [1.29, 1.82) is 0 Å². The molecule has 0 saturated carbocycles. The van der Waals surface area contributed by atoms with Gasteiger partial charge in [0.05, 0.1) is 6.54 Å². The highest BCUT2D eigenvalue weighted by Gasteiger charge is 2.32. The van der Waals surface area contributed by atoms with Crippen molar-refractivity contribution >= 4 is 6.02 Å². The summed E-state index contributed by atoms with van der Waals surface area (Å²) < 4.78 is 31.5.